The predicted molar refractivity (Wildman–Crippen MR) is 85.8 cm³/mol. The summed E-state index contributed by atoms with van der Waals surface area (Å²) < 4.78 is 6.18. The average Bonchev–Trinajstić information content (AvgIpc) is 2.50. The zero-order valence-electron chi connectivity index (χ0n) is 12.3. The van der Waals surface area contributed by atoms with E-state index in [0.29, 0.717) is 0 Å². The molecule has 0 fully saturated rings. The number of nitrogens with zero attached hydrogens (tertiary/aromatic N) is 1. The van der Waals surface area contributed by atoms with Crippen LogP contribution in [-0.2, 0) is 6.54 Å². The number of aromatic nitrogens is 1. The number of pyridine rings is 1. The fraction of sp³-hybridized carbons (Fsp3) is 0.167. The Balaban J connectivity index is 2.04. The van der Waals surface area contributed by atoms with Gasteiger partial charge in [-0.1, -0.05) is 36.4 Å². The van der Waals surface area contributed by atoms with E-state index in [4.69, 9.17) is 4.74 Å². The summed E-state index contributed by atoms with van der Waals surface area (Å²) in [5.74, 6) is 1.73. The molecule has 3 aromatic rings. The second-order valence-corrected chi connectivity index (χ2v) is 5.04. The molecule has 0 saturated heterocycles. The van der Waals surface area contributed by atoms with Crippen molar-refractivity contribution in [1.82, 2.24) is 10.3 Å². The summed E-state index contributed by atoms with van der Waals surface area (Å²) in [6.07, 6.45) is 1.87. The van der Waals surface area contributed by atoms with Gasteiger partial charge in [0.2, 0.25) is 0 Å². The number of hydrogen-bond donors (Lipinski definition) is 1. The molecule has 0 amide bonds. The average molecular weight is 278 g/mol. The van der Waals surface area contributed by atoms with Gasteiger partial charge in [0.1, 0.15) is 11.5 Å². The highest BCUT2D eigenvalue weighted by Crippen LogP contribution is 2.31. The van der Waals surface area contributed by atoms with Gasteiger partial charge in [0.15, 0.2) is 0 Å². The lowest BCUT2D eigenvalue weighted by Crippen LogP contribution is -2.07. The van der Waals surface area contributed by atoms with Crippen molar-refractivity contribution in [1.29, 1.82) is 0 Å². The third-order valence-corrected chi connectivity index (χ3v) is 3.42. The van der Waals surface area contributed by atoms with Crippen molar-refractivity contribution in [3.05, 3.63) is 66.0 Å². The van der Waals surface area contributed by atoms with Crippen LogP contribution in [0.4, 0.5) is 0 Å². The first kappa shape index (κ1) is 13.6. The SMILES string of the molecule is CNCc1cnc(C)cc1Oc1cccc2ccccc12. The maximum Gasteiger partial charge on any atom is 0.135 e. The van der Waals surface area contributed by atoms with Crippen molar-refractivity contribution in [2.24, 2.45) is 0 Å². The smallest absolute Gasteiger partial charge is 0.135 e. The predicted octanol–water partition coefficient (Wildman–Crippen LogP) is 4.05. The van der Waals surface area contributed by atoms with E-state index in [1.165, 1.54) is 5.39 Å². The molecule has 0 unspecified atom stereocenters. The Morgan fingerprint density at radius 2 is 1.86 bits per heavy atom. The molecule has 2 aromatic carbocycles. The normalized spacial score (nSPS) is 10.8. The van der Waals surface area contributed by atoms with E-state index < -0.39 is 0 Å². The van der Waals surface area contributed by atoms with Gasteiger partial charge in [0, 0.05) is 35.5 Å². The van der Waals surface area contributed by atoms with Crippen LogP contribution in [0.1, 0.15) is 11.3 Å². The van der Waals surface area contributed by atoms with Crippen LogP contribution in [0.3, 0.4) is 0 Å². The molecule has 3 nitrogen and oxygen atoms in total. The number of rotatable bonds is 4. The van der Waals surface area contributed by atoms with E-state index >= 15 is 0 Å². The van der Waals surface area contributed by atoms with E-state index in [0.717, 1.165) is 34.7 Å². The van der Waals surface area contributed by atoms with Gasteiger partial charge in [-0.05, 0) is 25.4 Å². The van der Waals surface area contributed by atoms with Gasteiger partial charge in [-0.2, -0.15) is 0 Å². The quantitative estimate of drug-likeness (QED) is 0.781. The van der Waals surface area contributed by atoms with E-state index in [-0.39, 0.29) is 0 Å². The number of hydrogen-bond acceptors (Lipinski definition) is 3. The summed E-state index contributed by atoms with van der Waals surface area (Å²) in [5.41, 5.74) is 2.00. The number of nitrogens with one attached hydrogen (secondary N) is 1. The highest BCUT2D eigenvalue weighted by Gasteiger charge is 2.08. The summed E-state index contributed by atoms with van der Waals surface area (Å²) in [6.45, 7) is 2.70. The number of aryl methyl sites for hydroxylation is 1. The Hall–Kier alpha value is -2.39. The molecule has 0 saturated carbocycles. The molecule has 21 heavy (non-hydrogen) atoms. The Kier molecular flexibility index (Phi) is 3.84. The molecule has 0 atom stereocenters. The van der Waals surface area contributed by atoms with Crippen LogP contribution < -0.4 is 10.1 Å². The molecule has 3 heteroatoms. The molecule has 0 radical (unpaired) electrons. The molecule has 0 spiro atoms. The molecule has 106 valence electrons. The van der Waals surface area contributed by atoms with Gasteiger partial charge in [-0.3, -0.25) is 4.98 Å². The minimum atomic E-state index is 0.730. The number of ether oxygens (including phenoxy) is 1. The third kappa shape index (κ3) is 2.88. The van der Waals surface area contributed by atoms with E-state index in [9.17, 15) is 0 Å². The monoisotopic (exact) mass is 278 g/mol. The Bertz CT molecular complexity index is 763. The highest BCUT2D eigenvalue weighted by molar-refractivity contribution is 5.88. The lowest BCUT2D eigenvalue weighted by Gasteiger charge is -2.13. The molecule has 1 N–H and O–H groups in total. The summed E-state index contributed by atoms with van der Waals surface area (Å²) in [6, 6.07) is 16.3. The Morgan fingerprint density at radius 3 is 2.71 bits per heavy atom. The lowest BCUT2D eigenvalue weighted by atomic mass is 10.1. The van der Waals surface area contributed by atoms with Gasteiger partial charge in [0.25, 0.3) is 0 Å². The van der Waals surface area contributed by atoms with Crippen molar-refractivity contribution in [2.75, 3.05) is 7.05 Å². The van der Waals surface area contributed by atoms with Crippen LogP contribution in [0, 0.1) is 6.92 Å². The first-order valence-corrected chi connectivity index (χ1v) is 7.03. The van der Waals surface area contributed by atoms with Crippen LogP contribution >= 0.6 is 0 Å². The summed E-state index contributed by atoms with van der Waals surface area (Å²) in [5, 5.41) is 5.44. The maximum absolute atomic E-state index is 6.18. The topological polar surface area (TPSA) is 34.2 Å². The van der Waals surface area contributed by atoms with Gasteiger partial charge in [0.05, 0.1) is 0 Å². The number of benzene rings is 2. The molecular formula is C18H18N2O. The minimum absolute atomic E-state index is 0.730. The summed E-state index contributed by atoms with van der Waals surface area (Å²) in [7, 11) is 1.92. The molecule has 0 bridgehead atoms. The molecule has 3 rings (SSSR count). The summed E-state index contributed by atoms with van der Waals surface area (Å²) >= 11 is 0. The van der Waals surface area contributed by atoms with Crippen molar-refractivity contribution in [2.45, 2.75) is 13.5 Å². The van der Waals surface area contributed by atoms with Crippen LogP contribution in [0.5, 0.6) is 11.5 Å². The fourth-order valence-electron chi connectivity index (χ4n) is 2.38. The van der Waals surface area contributed by atoms with Crippen molar-refractivity contribution in [3.8, 4) is 11.5 Å². The zero-order valence-corrected chi connectivity index (χ0v) is 12.3. The van der Waals surface area contributed by atoms with Crippen LogP contribution in [0.15, 0.2) is 54.7 Å². The third-order valence-electron chi connectivity index (χ3n) is 3.42. The van der Waals surface area contributed by atoms with E-state index in [1.807, 2.05) is 50.5 Å². The fourth-order valence-corrected chi connectivity index (χ4v) is 2.38. The van der Waals surface area contributed by atoms with Gasteiger partial charge >= 0.3 is 0 Å². The molecular weight excluding hydrogens is 260 g/mol. The molecule has 0 aliphatic rings. The standard InChI is InChI=1S/C18H18N2O/c1-13-10-18(15(11-19-2)12-20-13)21-17-9-5-7-14-6-3-4-8-16(14)17/h3-10,12,19H,11H2,1-2H3. The Labute approximate surface area is 124 Å². The maximum atomic E-state index is 6.18. The minimum Gasteiger partial charge on any atom is -0.456 e. The first-order chi connectivity index (χ1) is 10.3. The molecule has 0 aliphatic carbocycles. The second kappa shape index (κ2) is 5.94. The van der Waals surface area contributed by atoms with Gasteiger partial charge in [-0.25, -0.2) is 0 Å². The number of fused-ring (bicyclic) bond motifs is 1. The summed E-state index contributed by atoms with van der Waals surface area (Å²) in [4.78, 5) is 4.34. The van der Waals surface area contributed by atoms with Gasteiger partial charge < -0.3 is 10.1 Å². The first-order valence-electron chi connectivity index (χ1n) is 7.03. The van der Waals surface area contributed by atoms with Crippen LogP contribution in [-0.4, -0.2) is 12.0 Å². The lowest BCUT2D eigenvalue weighted by molar-refractivity contribution is 0.478. The van der Waals surface area contributed by atoms with Crippen molar-refractivity contribution in [3.63, 3.8) is 0 Å². The highest BCUT2D eigenvalue weighted by atomic mass is 16.5. The van der Waals surface area contributed by atoms with Gasteiger partial charge in [-0.15, -0.1) is 0 Å². The van der Waals surface area contributed by atoms with Crippen LogP contribution in [0.25, 0.3) is 10.8 Å². The zero-order chi connectivity index (χ0) is 14.7. The van der Waals surface area contributed by atoms with Crippen molar-refractivity contribution >= 4 is 10.8 Å². The second-order valence-electron chi connectivity index (χ2n) is 5.04. The Morgan fingerprint density at radius 1 is 1.05 bits per heavy atom. The molecule has 1 heterocycles. The van der Waals surface area contributed by atoms with E-state index in [2.05, 4.69) is 28.5 Å². The van der Waals surface area contributed by atoms with Crippen molar-refractivity contribution < 1.29 is 4.74 Å². The van der Waals surface area contributed by atoms with Crippen LogP contribution in [0.2, 0.25) is 0 Å². The molecule has 0 aliphatic heterocycles. The molecule has 1 aromatic heterocycles. The largest absolute Gasteiger partial charge is 0.456 e. The van der Waals surface area contributed by atoms with E-state index in [1.54, 1.807) is 0 Å².